The highest BCUT2D eigenvalue weighted by Gasteiger charge is 2.17. The molecular weight excluding hydrogens is 333 g/mol. The van der Waals surface area contributed by atoms with Crippen molar-refractivity contribution in [2.24, 2.45) is 0 Å². The summed E-state index contributed by atoms with van der Waals surface area (Å²) in [5.74, 6) is -0.238. The van der Waals surface area contributed by atoms with Gasteiger partial charge in [-0.3, -0.25) is 4.68 Å². The van der Waals surface area contributed by atoms with E-state index in [1.165, 1.54) is 6.07 Å². The van der Waals surface area contributed by atoms with Crippen LogP contribution in [0.1, 0.15) is 43.6 Å². The maximum Gasteiger partial charge on any atom is 0.137 e. The van der Waals surface area contributed by atoms with Crippen molar-refractivity contribution < 1.29 is 4.39 Å². The van der Waals surface area contributed by atoms with Crippen LogP contribution >= 0.6 is 15.9 Å². The zero-order chi connectivity index (χ0) is 15.4. The first kappa shape index (κ1) is 16.2. The van der Waals surface area contributed by atoms with Crippen molar-refractivity contribution in [2.75, 3.05) is 7.05 Å². The highest BCUT2D eigenvalue weighted by atomic mass is 79.9. The number of likely N-dealkylation sites (N-methyl/N-ethyl adjacent to an activating group) is 1. The van der Waals surface area contributed by atoms with E-state index in [4.69, 9.17) is 0 Å². The standard InChI is InChI=1S/C16H21BrFN3/c1-4-11(2)21-9-8-12(20-21)10-15(19-3)13-6-5-7-14(18)16(13)17/h5-9,11,15,19H,4,10H2,1-3H3. The van der Waals surface area contributed by atoms with E-state index < -0.39 is 0 Å². The van der Waals surface area contributed by atoms with Crippen molar-refractivity contribution >= 4 is 15.9 Å². The molecule has 0 amide bonds. The lowest BCUT2D eigenvalue weighted by atomic mass is 10.0. The van der Waals surface area contributed by atoms with Crippen LogP contribution in [-0.2, 0) is 6.42 Å². The normalized spacial score (nSPS) is 14.1. The molecule has 2 rings (SSSR count). The summed E-state index contributed by atoms with van der Waals surface area (Å²) in [6.45, 7) is 4.29. The Kier molecular flexibility index (Phi) is 5.53. The predicted molar refractivity (Wildman–Crippen MR) is 86.8 cm³/mol. The number of nitrogens with zero attached hydrogens (tertiary/aromatic N) is 2. The molecule has 1 N–H and O–H groups in total. The minimum absolute atomic E-state index is 0.0235. The van der Waals surface area contributed by atoms with Crippen LogP contribution in [0.25, 0.3) is 0 Å². The van der Waals surface area contributed by atoms with Crippen LogP contribution in [0.3, 0.4) is 0 Å². The Morgan fingerprint density at radius 1 is 1.38 bits per heavy atom. The zero-order valence-corrected chi connectivity index (χ0v) is 14.2. The van der Waals surface area contributed by atoms with Gasteiger partial charge in [-0.2, -0.15) is 5.10 Å². The molecule has 2 aromatic rings. The molecule has 0 aliphatic carbocycles. The van der Waals surface area contributed by atoms with Crippen LogP contribution in [0, 0.1) is 5.82 Å². The summed E-state index contributed by atoms with van der Waals surface area (Å²) >= 11 is 3.33. The Morgan fingerprint density at radius 3 is 2.81 bits per heavy atom. The molecule has 2 atom stereocenters. The fourth-order valence-corrected chi connectivity index (χ4v) is 2.83. The van der Waals surface area contributed by atoms with Gasteiger partial charge < -0.3 is 5.32 Å². The molecule has 0 fully saturated rings. The average Bonchev–Trinajstić information content (AvgIpc) is 2.95. The third-order valence-electron chi connectivity index (χ3n) is 3.82. The number of rotatable bonds is 6. The van der Waals surface area contributed by atoms with Crippen LogP contribution in [-0.4, -0.2) is 16.8 Å². The van der Waals surface area contributed by atoms with Gasteiger partial charge in [0.2, 0.25) is 0 Å². The number of hydrogen-bond donors (Lipinski definition) is 1. The number of benzene rings is 1. The van der Waals surface area contributed by atoms with Crippen molar-refractivity contribution in [3.8, 4) is 0 Å². The molecule has 2 unspecified atom stereocenters. The van der Waals surface area contributed by atoms with E-state index in [0.29, 0.717) is 10.5 Å². The van der Waals surface area contributed by atoms with E-state index in [9.17, 15) is 4.39 Å². The molecule has 114 valence electrons. The smallest absolute Gasteiger partial charge is 0.137 e. The SMILES string of the molecule is CCC(C)n1ccc(CC(NC)c2cccc(F)c2Br)n1. The third kappa shape index (κ3) is 3.71. The predicted octanol–water partition coefficient (Wildman–Crippen LogP) is 4.26. The highest BCUT2D eigenvalue weighted by molar-refractivity contribution is 9.10. The van der Waals surface area contributed by atoms with Crippen LogP contribution in [0.5, 0.6) is 0 Å². The van der Waals surface area contributed by atoms with Gasteiger partial charge in [-0.15, -0.1) is 0 Å². The van der Waals surface area contributed by atoms with Gasteiger partial charge in [0.15, 0.2) is 0 Å². The molecule has 21 heavy (non-hydrogen) atoms. The van der Waals surface area contributed by atoms with E-state index in [1.54, 1.807) is 6.07 Å². The second-order valence-corrected chi connectivity index (χ2v) is 6.03. The average molecular weight is 354 g/mol. The van der Waals surface area contributed by atoms with Gasteiger partial charge in [0.1, 0.15) is 5.82 Å². The third-order valence-corrected chi connectivity index (χ3v) is 4.66. The summed E-state index contributed by atoms with van der Waals surface area (Å²) in [6.07, 6.45) is 3.78. The first-order chi connectivity index (χ1) is 10.1. The number of hydrogen-bond acceptors (Lipinski definition) is 2. The molecule has 0 spiro atoms. The van der Waals surface area contributed by atoms with Gasteiger partial charge in [-0.25, -0.2) is 4.39 Å². The van der Waals surface area contributed by atoms with E-state index in [0.717, 1.165) is 24.1 Å². The zero-order valence-electron chi connectivity index (χ0n) is 12.6. The Morgan fingerprint density at radius 2 is 2.14 bits per heavy atom. The van der Waals surface area contributed by atoms with Crippen molar-refractivity contribution in [1.82, 2.24) is 15.1 Å². The second-order valence-electron chi connectivity index (χ2n) is 5.23. The quantitative estimate of drug-likeness (QED) is 0.840. The highest BCUT2D eigenvalue weighted by Crippen LogP contribution is 2.28. The number of halogens is 2. The number of nitrogens with one attached hydrogen (secondary N) is 1. The minimum atomic E-state index is -0.238. The van der Waals surface area contributed by atoms with Crippen molar-refractivity contribution in [3.63, 3.8) is 0 Å². The first-order valence-electron chi connectivity index (χ1n) is 7.22. The lowest BCUT2D eigenvalue weighted by Crippen LogP contribution is -2.20. The molecule has 1 aromatic heterocycles. The monoisotopic (exact) mass is 353 g/mol. The summed E-state index contributed by atoms with van der Waals surface area (Å²) < 4.78 is 16.2. The summed E-state index contributed by atoms with van der Waals surface area (Å²) in [5, 5.41) is 7.86. The molecule has 0 aliphatic rings. The fourth-order valence-electron chi connectivity index (χ4n) is 2.29. The molecule has 1 heterocycles. The van der Waals surface area contributed by atoms with Gasteiger partial charge in [0, 0.05) is 24.7 Å². The van der Waals surface area contributed by atoms with Crippen molar-refractivity contribution in [1.29, 1.82) is 0 Å². The van der Waals surface area contributed by atoms with Crippen LogP contribution in [0.4, 0.5) is 4.39 Å². The van der Waals surface area contributed by atoms with E-state index in [2.05, 4.69) is 40.2 Å². The summed E-state index contributed by atoms with van der Waals surface area (Å²) in [5.41, 5.74) is 1.92. The van der Waals surface area contributed by atoms with E-state index >= 15 is 0 Å². The Hall–Kier alpha value is -1.20. The minimum Gasteiger partial charge on any atom is -0.313 e. The Bertz CT molecular complexity index is 597. The van der Waals surface area contributed by atoms with Crippen molar-refractivity contribution in [3.05, 3.63) is 52.0 Å². The molecule has 3 nitrogen and oxygen atoms in total. The van der Waals surface area contributed by atoms with Gasteiger partial charge in [0.05, 0.1) is 10.2 Å². The summed E-state index contributed by atoms with van der Waals surface area (Å²) in [7, 11) is 1.88. The molecule has 1 aromatic carbocycles. The molecule has 0 radical (unpaired) electrons. The second kappa shape index (κ2) is 7.18. The first-order valence-corrected chi connectivity index (χ1v) is 8.01. The fraction of sp³-hybridized carbons (Fsp3) is 0.438. The molecule has 0 bridgehead atoms. The van der Waals surface area contributed by atoms with Crippen molar-refractivity contribution in [2.45, 2.75) is 38.8 Å². The van der Waals surface area contributed by atoms with E-state index in [-0.39, 0.29) is 11.9 Å². The van der Waals surface area contributed by atoms with Gasteiger partial charge >= 0.3 is 0 Å². The van der Waals surface area contributed by atoms with Crippen LogP contribution in [0.2, 0.25) is 0 Å². The maximum absolute atomic E-state index is 13.7. The molecular formula is C16H21BrFN3. The van der Waals surface area contributed by atoms with Crippen LogP contribution in [0.15, 0.2) is 34.9 Å². The van der Waals surface area contributed by atoms with Crippen LogP contribution < -0.4 is 5.32 Å². The molecule has 0 aliphatic heterocycles. The molecule has 0 saturated heterocycles. The summed E-state index contributed by atoms with van der Waals surface area (Å²) in [6, 6.07) is 7.57. The van der Waals surface area contributed by atoms with Gasteiger partial charge in [-0.1, -0.05) is 19.1 Å². The topological polar surface area (TPSA) is 29.9 Å². The van der Waals surface area contributed by atoms with Gasteiger partial charge in [0.25, 0.3) is 0 Å². The summed E-state index contributed by atoms with van der Waals surface area (Å²) in [4.78, 5) is 0. The maximum atomic E-state index is 13.7. The largest absolute Gasteiger partial charge is 0.313 e. The Labute approximate surface area is 133 Å². The lowest BCUT2D eigenvalue weighted by Gasteiger charge is -2.17. The Balaban J connectivity index is 2.19. The number of aromatic nitrogens is 2. The lowest BCUT2D eigenvalue weighted by molar-refractivity contribution is 0.469. The van der Waals surface area contributed by atoms with Gasteiger partial charge in [-0.05, 0) is 54.0 Å². The molecule has 5 heteroatoms. The van der Waals surface area contributed by atoms with E-state index in [1.807, 2.05) is 30.1 Å². The molecule has 0 saturated carbocycles.